The molecule has 2 amide bonds. The number of fused-ring (bicyclic) bond motifs is 1. The highest BCUT2D eigenvalue weighted by Crippen LogP contribution is 2.39. The van der Waals surface area contributed by atoms with E-state index in [4.69, 9.17) is 15.6 Å². The number of thiophene rings is 1. The van der Waals surface area contributed by atoms with Gasteiger partial charge in [-0.15, -0.1) is 11.3 Å². The third kappa shape index (κ3) is 4.40. The Balaban J connectivity index is 1.64. The van der Waals surface area contributed by atoms with Crippen molar-refractivity contribution in [1.82, 2.24) is 0 Å². The predicted molar refractivity (Wildman–Crippen MR) is 105 cm³/mol. The molecule has 1 aromatic heterocycles. The minimum Gasteiger partial charge on any atom is -0.452 e. The molecule has 1 heterocycles. The van der Waals surface area contributed by atoms with E-state index < -0.39 is 24.4 Å². The lowest BCUT2D eigenvalue weighted by Crippen LogP contribution is -2.23. The minimum atomic E-state index is -0.644. The van der Waals surface area contributed by atoms with Crippen molar-refractivity contribution in [2.45, 2.75) is 32.8 Å². The zero-order chi connectivity index (χ0) is 20.3. The highest BCUT2D eigenvalue weighted by atomic mass is 32.1. The van der Waals surface area contributed by atoms with Crippen LogP contribution in [0.25, 0.3) is 0 Å². The highest BCUT2D eigenvalue weighted by Gasteiger charge is 2.27. The van der Waals surface area contributed by atoms with E-state index in [1.54, 1.807) is 12.1 Å². The maximum atomic E-state index is 12.2. The largest absolute Gasteiger partial charge is 0.452 e. The zero-order valence-electron chi connectivity index (χ0n) is 15.5. The smallest absolute Gasteiger partial charge is 0.338 e. The number of amides is 2. The van der Waals surface area contributed by atoms with E-state index in [0.29, 0.717) is 22.0 Å². The van der Waals surface area contributed by atoms with E-state index in [1.807, 2.05) is 0 Å². The molecule has 1 aliphatic rings. The fourth-order valence-corrected chi connectivity index (χ4v) is 4.66. The second-order valence-corrected chi connectivity index (χ2v) is 8.00. The molecule has 4 N–H and O–H groups in total. The molecule has 28 heavy (non-hydrogen) atoms. The first-order valence-corrected chi connectivity index (χ1v) is 9.81. The van der Waals surface area contributed by atoms with Gasteiger partial charge in [0.1, 0.15) is 5.00 Å². The third-order valence-electron chi connectivity index (χ3n) is 4.72. The van der Waals surface area contributed by atoms with Gasteiger partial charge in [0.2, 0.25) is 0 Å². The zero-order valence-corrected chi connectivity index (χ0v) is 16.3. The molecule has 0 saturated heterocycles. The van der Waals surface area contributed by atoms with Gasteiger partial charge in [0.25, 0.3) is 11.8 Å². The second-order valence-electron chi connectivity index (χ2n) is 6.90. The Labute approximate surface area is 166 Å². The molecule has 0 bridgehead atoms. The Hall–Kier alpha value is -2.71. The first-order chi connectivity index (χ1) is 13.4. The summed E-state index contributed by atoms with van der Waals surface area (Å²) in [5, 5.41) is 12.1. The van der Waals surface area contributed by atoms with Crippen molar-refractivity contribution in [2.24, 2.45) is 11.7 Å². The number of ether oxygens (including phenoxy) is 1. The second kappa shape index (κ2) is 8.53. The summed E-state index contributed by atoms with van der Waals surface area (Å²) >= 11 is 1.36. The molecule has 8 heteroatoms. The minimum absolute atomic E-state index is 0.122. The van der Waals surface area contributed by atoms with Gasteiger partial charge in [-0.05, 0) is 48.4 Å². The van der Waals surface area contributed by atoms with Crippen LogP contribution in [0.15, 0.2) is 24.3 Å². The summed E-state index contributed by atoms with van der Waals surface area (Å²) in [6.45, 7) is 1.55. The number of aliphatic hydroxyl groups is 1. The Morgan fingerprint density at radius 2 is 2.00 bits per heavy atom. The number of carbonyl (C=O) groups is 3. The van der Waals surface area contributed by atoms with Crippen molar-refractivity contribution in [1.29, 1.82) is 0 Å². The number of benzene rings is 1. The van der Waals surface area contributed by atoms with Gasteiger partial charge in [0, 0.05) is 4.88 Å². The summed E-state index contributed by atoms with van der Waals surface area (Å²) in [7, 11) is 0. The van der Waals surface area contributed by atoms with Crippen molar-refractivity contribution in [2.75, 3.05) is 11.9 Å². The van der Waals surface area contributed by atoms with Crippen LogP contribution in [-0.4, -0.2) is 29.5 Å². The van der Waals surface area contributed by atoms with Gasteiger partial charge in [-0.1, -0.05) is 19.1 Å². The van der Waals surface area contributed by atoms with E-state index in [1.165, 1.54) is 23.5 Å². The normalized spacial score (nSPS) is 15.6. The first-order valence-electron chi connectivity index (χ1n) is 9.00. The number of rotatable bonds is 6. The maximum absolute atomic E-state index is 12.2. The van der Waals surface area contributed by atoms with Gasteiger partial charge in [-0.2, -0.15) is 0 Å². The molecule has 0 unspecified atom stereocenters. The molecule has 7 nitrogen and oxygen atoms in total. The maximum Gasteiger partial charge on any atom is 0.338 e. The lowest BCUT2D eigenvalue weighted by molar-refractivity contribution is -0.119. The van der Waals surface area contributed by atoms with Crippen LogP contribution in [0, 0.1) is 5.92 Å². The number of nitrogens with one attached hydrogen (secondary N) is 1. The highest BCUT2D eigenvalue weighted by molar-refractivity contribution is 7.17. The van der Waals surface area contributed by atoms with E-state index in [2.05, 4.69) is 12.2 Å². The fraction of sp³-hybridized carbons (Fsp3) is 0.350. The van der Waals surface area contributed by atoms with Crippen LogP contribution in [-0.2, 0) is 29.0 Å². The Kier molecular flexibility index (Phi) is 6.11. The number of hydrogen-bond acceptors (Lipinski definition) is 6. The lowest BCUT2D eigenvalue weighted by Gasteiger charge is -2.18. The Morgan fingerprint density at radius 3 is 2.64 bits per heavy atom. The summed E-state index contributed by atoms with van der Waals surface area (Å²) in [4.78, 5) is 37.2. The molecule has 1 aliphatic carbocycles. The number of carbonyl (C=O) groups excluding carboxylic acids is 3. The number of primary amides is 1. The van der Waals surface area contributed by atoms with Crippen LogP contribution < -0.4 is 11.1 Å². The van der Waals surface area contributed by atoms with E-state index in [0.717, 1.165) is 29.7 Å². The van der Waals surface area contributed by atoms with Gasteiger partial charge in [0.05, 0.1) is 17.7 Å². The molecule has 0 saturated carbocycles. The van der Waals surface area contributed by atoms with Gasteiger partial charge in [-0.25, -0.2) is 4.79 Å². The number of anilines is 1. The Bertz CT molecular complexity index is 904. The molecule has 0 radical (unpaired) electrons. The molecular weight excluding hydrogens is 380 g/mol. The number of nitrogens with two attached hydrogens (primary N) is 1. The first kappa shape index (κ1) is 20.0. The van der Waals surface area contributed by atoms with Crippen LogP contribution >= 0.6 is 11.3 Å². The van der Waals surface area contributed by atoms with Gasteiger partial charge in [-0.3, -0.25) is 9.59 Å². The van der Waals surface area contributed by atoms with Gasteiger partial charge in [0.15, 0.2) is 6.61 Å². The van der Waals surface area contributed by atoms with Crippen LogP contribution in [0.2, 0.25) is 0 Å². The van der Waals surface area contributed by atoms with Crippen LogP contribution in [0.4, 0.5) is 5.00 Å². The van der Waals surface area contributed by atoms with Crippen molar-refractivity contribution in [3.05, 3.63) is 51.4 Å². The van der Waals surface area contributed by atoms with Crippen molar-refractivity contribution < 1.29 is 24.2 Å². The molecule has 3 rings (SSSR count). The summed E-state index contributed by atoms with van der Waals surface area (Å²) in [6.07, 6.45) is 2.60. The lowest BCUT2D eigenvalue weighted by atomic mass is 9.88. The topological polar surface area (TPSA) is 119 Å². The average molecular weight is 402 g/mol. The molecule has 0 fully saturated rings. The Morgan fingerprint density at radius 1 is 1.29 bits per heavy atom. The SMILES string of the molecule is C[C@@H]1CCc2c(sc(NC(=O)COC(=O)c3ccc(CO)cc3)c2C(N)=O)C1. The summed E-state index contributed by atoms with van der Waals surface area (Å²) in [5.41, 5.74) is 7.77. The predicted octanol–water partition coefficient (Wildman–Crippen LogP) is 2.26. The number of esters is 1. The van der Waals surface area contributed by atoms with Gasteiger partial charge < -0.3 is 20.9 Å². The molecule has 0 aliphatic heterocycles. The van der Waals surface area contributed by atoms with Crippen LogP contribution in [0.5, 0.6) is 0 Å². The molecule has 2 aromatic rings. The van der Waals surface area contributed by atoms with Crippen molar-refractivity contribution in [3.8, 4) is 0 Å². The van der Waals surface area contributed by atoms with Crippen LogP contribution in [0.3, 0.4) is 0 Å². The van der Waals surface area contributed by atoms with E-state index in [9.17, 15) is 14.4 Å². The number of hydrogen-bond donors (Lipinski definition) is 3. The molecule has 1 atom stereocenters. The monoisotopic (exact) mass is 402 g/mol. The van der Waals surface area contributed by atoms with Crippen molar-refractivity contribution in [3.63, 3.8) is 0 Å². The van der Waals surface area contributed by atoms with E-state index in [-0.39, 0.29) is 12.2 Å². The molecule has 1 aromatic carbocycles. The molecule has 0 spiro atoms. The van der Waals surface area contributed by atoms with Crippen LogP contribution in [0.1, 0.15) is 50.1 Å². The quantitative estimate of drug-likeness (QED) is 0.641. The standard InChI is InChI=1S/C20H22N2O5S/c1-11-2-7-14-15(8-11)28-19(17(14)18(21)25)22-16(24)10-27-20(26)13-5-3-12(9-23)4-6-13/h3-6,11,23H,2,7-10H2,1H3,(H2,21,25)(H,22,24)/t11-/m1/s1. The molecule has 148 valence electrons. The van der Waals surface area contributed by atoms with E-state index >= 15 is 0 Å². The summed E-state index contributed by atoms with van der Waals surface area (Å²) in [5.74, 6) is -1.22. The van der Waals surface area contributed by atoms with Crippen molar-refractivity contribution >= 4 is 34.1 Å². The molecular formula is C20H22N2O5S. The average Bonchev–Trinajstić information content (AvgIpc) is 3.03. The fourth-order valence-electron chi connectivity index (χ4n) is 3.22. The third-order valence-corrected chi connectivity index (χ3v) is 5.89. The summed E-state index contributed by atoms with van der Waals surface area (Å²) < 4.78 is 5.03. The van der Waals surface area contributed by atoms with Gasteiger partial charge >= 0.3 is 5.97 Å². The number of aliphatic hydroxyl groups excluding tert-OH is 1. The summed E-state index contributed by atoms with van der Waals surface area (Å²) in [6, 6.07) is 6.25.